The van der Waals surface area contributed by atoms with Crippen molar-refractivity contribution in [3.8, 4) is 0 Å². The molecular formula is C5H11CrN2O2-. The van der Waals surface area contributed by atoms with Crippen LogP contribution in [0, 0.1) is 0 Å². The van der Waals surface area contributed by atoms with Gasteiger partial charge in [-0.05, 0) is 0 Å². The van der Waals surface area contributed by atoms with Crippen molar-refractivity contribution in [3.05, 3.63) is 5.32 Å². The molecule has 0 saturated heterocycles. The van der Waals surface area contributed by atoms with Gasteiger partial charge in [-0.1, -0.05) is 0 Å². The SMILES string of the molecule is C[N-]CCN(C)C=O.[O]=[Cr]. The van der Waals surface area contributed by atoms with Crippen molar-refractivity contribution in [1.82, 2.24) is 4.90 Å². The molecule has 0 saturated carbocycles. The van der Waals surface area contributed by atoms with Crippen LogP contribution in [0.4, 0.5) is 0 Å². The molecule has 10 heavy (non-hydrogen) atoms. The van der Waals surface area contributed by atoms with E-state index < -0.39 is 0 Å². The van der Waals surface area contributed by atoms with Crippen LogP contribution in [0.2, 0.25) is 0 Å². The van der Waals surface area contributed by atoms with Crippen LogP contribution in [0.5, 0.6) is 0 Å². The first kappa shape index (κ1) is 12.4. The average Bonchev–Trinajstić information content (AvgIpc) is 2.04. The summed E-state index contributed by atoms with van der Waals surface area (Å²) >= 11 is 1.38. The standard InChI is InChI=1S/C5H11N2O.Cr.O/c1-6-3-4-7(2)5-8;;/h5H,3-4H2,1-2H3;;/q-1;;. The molecule has 0 aromatic heterocycles. The molecule has 0 aromatic carbocycles. The third kappa shape index (κ3) is 10.7. The van der Waals surface area contributed by atoms with Crippen LogP contribution in [0.3, 0.4) is 0 Å². The Morgan fingerprint density at radius 1 is 1.60 bits per heavy atom. The molecule has 60 valence electrons. The topological polar surface area (TPSA) is 51.5 Å². The second kappa shape index (κ2) is 11.5. The van der Waals surface area contributed by atoms with Gasteiger partial charge < -0.3 is 10.2 Å². The summed E-state index contributed by atoms with van der Waals surface area (Å²) in [6.07, 6.45) is 0.797. The number of amides is 1. The fourth-order valence-electron chi connectivity index (χ4n) is 0.310. The van der Waals surface area contributed by atoms with E-state index in [0.717, 1.165) is 19.5 Å². The van der Waals surface area contributed by atoms with E-state index in [9.17, 15) is 4.79 Å². The Morgan fingerprint density at radius 2 is 2.10 bits per heavy atom. The van der Waals surface area contributed by atoms with E-state index in [1.807, 2.05) is 0 Å². The summed E-state index contributed by atoms with van der Waals surface area (Å²) in [6.45, 7) is 1.45. The van der Waals surface area contributed by atoms with Gasteiger partial charge in [0.25, 0.3) is 0 Å². The van der Waals surface area contributed by atoms with E-state index in [4.69, 9.17) is 3.80 Å². The molecule has 5 heteroatoms. The second-order valence-corrected chi connectivity index (χ2v) is 1.63. The maximum absolute atomic E-state index is 9.89. The molecule has 0 heterocycles. The van der Waals surface area contributed by atoms with Gasteiger partial charge in [0.2, 0.25) is 6.41 Å². The Labute approximate surface area is 69.2 Å². The first-order valence-electron chi connectivity index (χ1n) is 2.69. The van der Waals surface area contributed by atoms with Gasteiger partial charge in [0.1, 0.15) is 0 Å². The summed E-state index contributed by atoms with van der Waals surface area (Å²) in [4.78, 5) is 11.5. The summed E-state index contributed by atoms with van der Waals surface area (Å²) in [6, 6.07) is 0. The molecule has 0 unspecified atom stereocenters. The molecule has 0 spiro atoms. The van der Waals surface area contributed by atoms with Crippen molar-refractivity contribution >= 4 is 6.41 Å². The molecule has 0 radical (unpaired) electrons. The average molecular weight is 183 g/mol. The van der Waals surface area contributed by atoms with Gasteiger partial charge in [-0.2, -0.15) is 7.05 Å². The van der Waals surface area contributed by atoms with Crippen molar-refractivity contribution in [2.24, 2.45) is 0 Å². The molecule has 0 fully saturated rings. The van der Waals surface area contributed by atoms with Gasteiger partial charge in [-0.3, -0.25) is 4.79 Å². The first-order chi connectivity index (χ1) is 4.81. The number of rotatable bonds is 4. The Hall–Kier alpha value is -0.238. The number of carbonyl (C=O) groups is 1. The van der Waals surface area contributed by atoms with E-state index in [2.05, 4.69) is 5.32 Å². The summed E-state index contributed by atoms with van der Waals surface area (Å²) in [5.41, 5.74) is 0. The van der Waals surface area contributed by atoms with Crippen LogP contribution in [-0.4, -0.2) is 38.5 Å². The summed E-state index contributed by atoms with van der Waals surface area (Å²) in [5, 5.41) is 3.82. The van der Waals surface area contributed by atoms with E-state index >= 15 is 0 Å². The van der Waals surface area contributed by atoms with Crippen LogP contribution in [0.15, 0.2) is 0 Å². The van der Waals surface area contributed by atoms with Gasteiger partial charge in [0, 0.05) is 13.6 Å². The third-order valence-electron chi connectivity index (χ3n) is 0.856. The number of hydrogen-bond donors (Lipinski definition) is 0. The monoisotopic (exact) mass is 183 g/mol. The molecule has 4 nitrogen and oxygen atoms in total. The van der Waals surface area contributed by atoms with Gasteiger partial charge >= 0.3 is 20.0 Å². The zero-order valence-electron chi connectivity index (χ0n) is 6.11. The van der Waals surface area contributed by atoms with Crippen molar-refractivity contribution in [2.75, 3.05) is 27.2 Å². The van der Waals surface area contributed by atoms with E-state index in [0.29, 0.717) is 0 Å². The van der Waals surface area contributed by atoms with Crippen LogP contribution in [0.1, 0.15) is 0 Å². The summed E-state index contributed by atoms with van der Waals surface area (Å²) in [5.74, 6) is 0. The summed E-state index contributed by atoms with van der Waals surface area (Å²) < 4.78 is 8.12. The van der Waals surface area contributed by atoms with E-state index in [1.54, 1.807) is 19.0 Å². The molecule has 0 aliphatic carbocycles. The number of nitrogens with zero attached hydrogens (tertiary/aromatic N) is 2. The van der Waals surface area contributed by atoms with Crippen LogP contribution < -0.4 is 0 Å². The van der Waals surface area contributed by atoms with Crippen molar-refractivity contribution in [2.45, 2.75) is 0 Å². The fraction of sp³-hybridized carbons (Fsp3) is 0.800. The number of hydrogen-bond acceptors (Lipinski definition) is 2. The van der Waals surface area contributed by atoms with Gasteiger partial charge in [0.15, 0.2) is 0 Å². The third-order valence-corrected chi connectivity index (χ3v) is 0.856. The Kier molecular flexibility index (Phi) is 14.4. The minimum absolute atomic E-state index is 0.722. The molecule has 0 aliphatic heterocycles. The van der Waals surface area contributed by atoms with Gasteiger partial charge in [-0.25, -0.2) is 0 Å². The molecule has 0 aliphatic rings. The van der Waals surface area contributed by atoms with Crippen LogP contribution >= 0.6 is 0 Å². The molecular weight excluding hydrogens is 172 g/mol. The van der Waals surface area contributed by atoms with Crippen LogP contribution in [0.25, 0.3) is 5.32 Å². The van der Waals surface area contributed by atoms with Crippen molar-refractivity contribution in [1.29, 1.82) is 0 Å². The molecule has 0 bridgehead atoms. The Bertz CT molecular complexity index is 82.0. The Balaban J connectivity index is 0. The van der Waals surface area contributed by atoms with E-state index in [1.165, 1.54) is 16.2 Å². The van der Waals surface area contributed by atoms with Crippen LogP contribution in [-0.2, 0) is 24.8 Å². The zero-order chi connectivity index (χ0) is 8.41. The molecule has 0 rings (SSSR count). The predicted molar refractivity (Wildman–Crippen MR) is 33.5 cm³/mol. The van der Waals surface area contributed by atoms with E-state index in [-0.39, 0.29) is 0 Å². The molecule has 0 atom stereocenters. The predicted octanol–water partition coefficient (Wildman–Crippen LogP) is -0.0432. The normalized spacial score (nSPS) is 7.40. The molecule has 0 N–H and O–H groups in total. The quantitative estimate of drug-likeness (QED) is 0.574. The van der Waals surface area contributed by atoms with Crippen molar-refractivity contribution < 1.29 is 24.8 Å². The van der Waals surface area contributed by atoms with Gasteiger partial charge in [-0.15, -0.1) is 6.54 Å². The number of carbonyl (C=O) groups excluding carboxylic acids is 1. The minimum atomic E-state index is 0.722. The second-order valence-electron chi connectivity index (χ2n) is 1.63. The fourth-order valence-corrected chi connectivity index (χ4v) is 0.310. The van der Waals surface area contributed by atoms with Crippen molar-refractivity contribution in [3.63, 3.8) is 0 Å². The van der Waals surface area contributed by atoms with Gasteiger partial charge in [0.05, 0.1) is 0 Å². The summed E-state index contributed by atoms with van der Waals surface area (Å²) in [7, 11) is 3.47. The number of likely N-dealkylation sites (N-methyl/N-ethyl adjacent to an activating group) is 2. The maximum atomic E-state index is 9.89. The zero-order valence-corrected chi connectivity index (χ0v) is 7.39. The molecule has 1 amide bonds. The Morgan fingerprint density at radius 3 is 2.40 bits per heavy atom. The first-order valence-corrected chi connectivity index (χ1v) is 3.21. The molecule has 0 aromatic rings.